The monoisotopic (exact) mass is 539 g/mol. The molecule has 0 saturated heterocycles. The van der Waals surface area contributed by atoms with Gasteiger partial charge < -0.3 is 25.8 Å². The van der Waals surface area contributed by atoms with Crippen LogP contribution in [0.3, 0.4) is 0 Å². The van der Waals surface area contributed by atoms with E-state index in [1.165, 1.54) is 4.90 Å². The van der Waals surface area contributed by atoms with E-state index in [-0.39, 0.29) is 18.1 Å². The van der Waals surface area contributed by atoms with Crippen molar-refractivity contribution >= 4 is 17.9 Å². The van der Waals surface area contributed by atoms with Gasteiger partial charge >= 0.3 is 6.09 Å². The maximum Gasteiger partial charge on any atom is 0.408 e. The van der Waals surface area contributed by atoms with Gasteiger partial charge in [0.2, 0.25) is 11.8 Å². The lowest BCUT2D eigenvalue weighted by Crippen LogP contribution is -2.56. The number of nitrogens with zero attached hydrogens (tertiary/aromatic N) is 1. The maximum absolute atomic E-state index is 14.2. The number of aryl methyl sites for hydroxylation is 3. The topological polar surface area (TPSA) is 122 Å². The fourth-order valence-corrected chi connectivity index (χ4v) is 4.71. The SMILES string of the molecule is CCCC[C@H](C(N)=O)N(CCCc1ccccc1)C(=O)C(Cc1c(C)cc(O)cc1C)NC(=O)OC(C)(C)C. The Bertz CT molecular complexity index is 1090. The van der Waals surface area contributed by atoms with Crippen molar-refractivity contribution in [1.29, 1.82) is 0 Å². The third-order valence-electron chi connectivity index (χ3n) is 6.60. The summed E-state index contributed by atoms with van der Waals surface area (Å²) in [5.41, 5.74) is 8.63. The lowest BCUT2D eigenvalue weighted by molar-refractivity contribution is -0.141. The Labute approximate surface area is 232 Å². The number of unbranched alkanes of at least 4 members (excludes halogenated alkanes) is 1. The largest absolute Gasteiger partial charge is 0.508 e. The van der Waals surface area contributed by atoms with Gasteiger partial charge in [0.05, 0.1) is 0 Å². The first-order valence-corrected chi connectivity index (χ1v) is 13.7. The van der Waals surface area contributed by atoms with Crippen LogP contribution in [0.4, 0.5) is 4.79 Å². The third kappa shape index (κ3) is 10.3. The predicted molar refractivity (Wildman–Crippen MR) is 153 cm³/mol. The van der Waals surface area contributed by atoms with E-state index >= 15 is 0 Å². The van der Waals surface area contributed by atoms with Crippen molar-refractivity contribution in [2.45, 2.75) is 97.8 Å². The number of carbonyl (C=O) groups is 3. The van der Waals surface area contributed by atoms with Crippen molar-refractivity contribution in [1.82, 2.24) is 10.2 Å². The minimum Gasteiger partial charge on any atom is -0.508 e. The summed E-state index contributed by atoms with van der Waals surface area (Å²) >= 11 is 0. The molecule has 0 aliphatic carbocycles. The molecule has 0 bridgehead atoms. The van der Waals surface area contributed by atoms with Crippen LogP contribution in [-0.4, -0.2) is 52.1 Å². The van der Waals surface area contributed by atoms with E-state index in [1.807, 2.05) is 51.1 Å². The number of phenols is 1. The average molecular weight is 540 g/mol. The molecule has 0 heterocycles. The Kier molecular flexibility index (Phi) is 11.8. The molecule has 4 N–H and O–H groups in total. The molecule has 39 heavy (non-hydrogen) atoms. The molecule has 8 nitrogen and oxygen atoms in total. The third-order valence-corrected chi connectivity index (χ3v) is 6.60. The van der Waals surface area contributed by atoms with Crippen LogP contribution in [0.1, 0.15) is 75.6 Å². The van der Waals surface area contributed by atoms with E-state index in [0.29, 0.717) is 19.4 Å². The number of hydrogen-bond acceptors (Lipinski definition) is 5. The van der Waals surface area contributed by atoms with Crippen LogP contribution < -0.4 is 11.1 Å². The number of phenolic OH excluding ortho intramolecular Hbond substituents is 1. The summed E-state index contributed by atoms with van der Waals surface area (Å²) in [5, 5.41) is 12.8. The minimum atomic E-state index is -0.998. The standard InChI is InChI=1S/C31H45N3O5/c1-7-8-16-27(28(32)36)34(17-12-15-23-13-10-9-11-14-23)29(37)26(33-30(38)39-31(4,5)6)20-25-21(2)18-24(35)19-22(25)3/h9-11,13-14,18-19,26-27,35H,7-8,12,15-17,20H2,1-6H3,(H2,32,36)(H,33,38)/t26?,27-/m1/s1. The normalized spacial score (nSPS) is 12.9. The van der Waals surface area contributed by atoms with Gasteiger partial charge in [-0.1, -0.05) is 50.1 Å². The number of hydrogen-bond donors (Lipinski definition) is 3. The van der Waals surface area contributed by atoms with E-state index in [4.69, 9.17) is 10.5 Å². The van der Waals surface area contributed by atoms with E-state index in [2.05, 4.69) is 5.32 Å². The van der Waals surface area contributed by atoms with Gasteiger partial charge in [-0.15, -0.1) is 0 Å². The first-order valence-electron chi connectivity index (χ1n) is 13.7. The van der Waals surface area contributed by atoms with Gasteiger partial charge in [-0.2, -0.15) is 0 Å². The van der Waals surface area contributed by atoms with Crippen LogP contribution in [-0.2, 0) is 27.2 Å². The highest BCUT2D eigenvalue weighted by atomic mass is 16.6. The Morgan fingerprint density at radius 1 is 1.05 bits per heavy atom. The molecule has 0 aliphatic rings. The number of ether oxygens (including phenoxy) is 1. The van der Waals surface area contributed by atoms with Crippen molar-refractivity contribution in [3.63, 3.8) is 0 Å². The van der Waals surface area contributed by atoms with Crippen molar-refractivity contribution in [3.05, 3.63) is 64.7 Å². The van der Waals surface area contributed by atoms with Crippen molar-refractivity contribution in [2.24, 2.45) is 5.73 Å². The zero-order valence-electron chi connectivity index (χ0n) is 24.3. The Morgan fingerprint density at radius 3 is 2.21 bits per heavy atom. The van der Waals surface area contributed by atoms with Crippen LogP contribution in [0.2, 0.25) is 0 Å². The highest BCUT2D eigenvalue weighted by Crippen LogP contribution is 2.24. The van der Waals surface area contributed by atoms with E-state index in [9.17, 15) is 19.5 Å². The molecule has 2 atom stereocenters. The molecule has 0 fully saturated rings. The quantitative estimate of drug-likeness (QED) is 0.332. The number of alkyl carbamates (subject to hydrolysis) is 1. The van der Waals surface area contributed by atoms with E-state index in [1.54, 1.807) is 32.9 Å². The second-order valence-corrected chi connectivity index (χ2v) is 11.1. The molecule has 3 amide bonds. The highest BCUT2D eigenvalue weighted by molar-refractivity contribution is 5.91. The van der Waals surface area contributed by atoms with Gasteiger partial charge in [-0.3, -0.25) is 9.59 Å². The zero-order chi connectivity index (χ0) is 29.2. The summed E-state index contributed by atoms with van der Waals surface area (Å²) < 4.78 is 5.47. The van der Waals surface area contributed by atoms with Crippen molar-refractivity contribution in [3.8, 4) is 5.75 Å². The minimum absolute atomic E-state index is 0.132. The molecule has 0 radical (unpaired) electrons. The Morgan fingerprint density at radius 2 is 1.67 bits per heavy atom. The molecular weight excluding hydrogens is 494 g/mol. The molecule has 8 heteroatoms. The molecule has 2 rings (SSSR count). The second kappa shape index (κ2) is 14.6. The Balaban J connectivity index is 2.43. The van der Waals surface area contributed by atoms with Crippen LogP contribution >= 0.6 is 0 Å². The fourth-order valence-electron chi connectivity index (χ4n) is 4.71. The summed E-state index contributed by atoms with van der Waals surface area (Å²) in [7, 11) is 0. The van der Waals surface area contributed by atoms with Crippen LogP contribution in [0.25, 0.3) is 0 Å². The summed E-state index contributed by atoms with van der Waals surface area (Å²) in [4.78, 5) is 41.2. The summed E-state index contributed by atoms with van der Waals surface area (Å²) in [5.74, 6) is -0.821. The maximum atomic E-state index is 14.2. The van der Waals surface area contributed by atoms with Crippen LogP contribution in [0.15, 0.2) is 42.5 Å². The van der Waals surface area contributed by atoms with E-state index in [0.717, 1.165) is 41.5 Å². The predicted octanol–water partition coefficient (Wildman–Crippen LogP) is 4.95. The molecule has 0 spiro atoms. The number of amides is 3. The van der Waals surface area contributed by atoms with Crippen LogP contribution in [0.5, 0.6) is 5.75 Å². The number of primary amides is 1. The van der Waals surface area contributed by atoms with Gasteiger partial charge in [0.25, 0.3) is 0 Å². The summed E-state index contributed by atoms with van der Waals surface area (Å²) in [6.45, 7) is 11.3. The molecular formula is C31H45N3O5. The molecule has 0 aliphatic heterocycles. The molecule has 2 aromatic carbocycles. The number of nitrogens with one attached hydrogen (secondary N) is 1. The molecule has 1 unspecified atom stereocenters. The highest BCUT2D eigenvalue weighted by Gasteiger charge is 2.34. The van der Waals surface area contributed by atoms with Crippen molar-refractivity contribution < 1.29 is 24.2 Å². The van der Waals surface area contributed by atoms with Crippen LogP contribution in [0, 0.1) is 13.8 Å². The van der Waals surface area contributed by atoms with Gasteiger partial charge in [0, 0.05) is 13.0 Å². The number of carbonyl (C=O) groups excluding carboxylic acids is 3. The number of aromatic hydroxyl groups is 1. The lowest BCUT2D eigenvalue weighted by Gasteiger charge is -2.34. The smallest absolute Gasteiger partial charge is 0.408 e. The van der Waals surface area contributed by atoms with Gasteiger partial charge in [0.1, 0.15) is 23.4 Å². The van der Waals surface area contributed by atoms with Crippen molar-refractivity contribution in [2.75, 3.05) is 6.54 Å². The summed E-state index contributed by atoms with van der Waals surface area (Å²) in [6.07, 6.45) is 2.83. The lowest BCUT2D eigenvalue weighted by atomic mass is 9.94. The fraction of sp³-hybridized carbons (Fsp3) is 0.516. The number of benzene rings is 2. The van der Waals surface area contributed by atoms with Gasteiger partial charge in [0.15, 0.2) is 0 Å². The second-order valence-electron chi connectivity index (χ2n) is 11.1. The van der Waals surface area contributed by atoms with E-state index < -0.39 is 29.7 Å². The number of rotatable bonds is 13. The van der Waals surface area contributed by atoms with Gasteiger partial charge in [-0.25, -0.2) is 4.79 Å². The molecule has 2 aromatic rings. The summed E-state index contributed by atoms with van der Waals surface area (Å²) in [6, 6.07) is 11.4. The molecule has 214 valence electrons. The first-order chi connectivity index (χ1) is 18.3. The zero-order valence-corrected chi connectivity index (χ0v) is 24.3. The average Bonchev–Trinajstić information content (AvgIpc) is 2.83. The van der Waals surface area contributed by atoms with Gasteiger partial charge in [-0.05, 0) is 88.3 Å². The Hall–Kier alpha value is -3.55. The molecule has 0 aromatic heterocycles. The number of nitrogens with two attached hydrogens (primary N) is 1. The molecule has 0 saturated carbocycles. The first kappa shape index (κ1) is 31.7.